The number of nitrogens with zero attached hydrogens (tertiary/aromatic N) is 2. The van der Waals surface area contributed by atoms with E-state index in [1.807, 2.05) is 45.0 Å². The van der Waals surface area contributed by atoms with Gasteiger partial charge in [-0.25, -0.2) is 9.63 Å². The van der Waals surface area contributed by atoms with Crippen molar-refractivity contribution in [1.82, 2.24) is 4.98 Å². The van der Waals surface area contributed by atoms with E-state index in [-0.39, 0.29) is 11.3 Å². The highest BCUT2D eigenvalue weighted by Gasteiger charge is 2.39. The fourth-order valence-corrected chi connectivity index (χ4v) is 4.47. The van der Waals surface area contributed by atoms with Gasteiger partial charge in [-0.3, -0.25) is 9.72 Å². The van der Waals surface area contributed by atoms with Crippen LogP contribution in [-0.4, -0.2) is 27.0 Å². The van der Waals surface area contributed by atoms with Crippen molar-refractivity contribution in [3.8, 4) is 11.5 Å². The van der Waals surface area contributed by atoms with Gasteiger partial charge in [-0.05, 0) is 49.2 Å². The second-order valence-electron chi connectivity index (χ2n) is 9.69. The number of aromatic hydroxyl groups is 1. The minimum Gasteiger partial charge on any atom is -0.507 e. The molecule has 0 saturated carbocycles. The van der Waals surface area contributed by atoms with Gasteiger partial charge in [0.25, 0.3) is 0 Å². The Bertz CT molecular complexity index is 1500. The van der Waals surface area contributed by atoms with Crippen LogP contribution in [0.5, 0.6) is 11.5 Å². The molecule has 1 unspecified atom stereocenters. The van der Waals surface area contributed by atoms with Crippen molar-refractivity contribution in [1.29, 1.82) is 0 Å². The minimum atomic E-state index is -1.17. The number of anilines is 4. The number of aryl methyl sites for hydroxylation is 2. The number of carboxylic acids is 1. The molecule has 0 spiro atoms. The molecule has 10 heteroatoms. The van der Waals surface area contributed by atoms with E-state index in [0.29, 0.717) is 22.7 Å². The number of carboxylic acid groups (broad SMARTS) is 1. The number of hydrogen-bond donors (Lipinski definition) is 4. The summed E-state index contributed by atoms with van der Waals surface area (Å²) in [6.45, 7) is 7.27. The zero-order valence-corrected chi connectivity index (χ0v) is 21.9. The van der Waals surface area contributed by atoms with Crippen LogP contribution in [0.15, 0.2) is 73.3 Å². The first kappa shape index (κ1) is 25.8. The third kappa shape index (κ3) is 5.70. The number of hydrogen-bond acceptors (Lipinski definition) is 8. The number of aromatic nitrogens is 2. The maximum absolute atomic E-state index is 11.3. The summed E-state index contributed by atoms with van der Waals surface area (Å²) >= 11 is 0. The molecule has 39 heavy (non-hydrogen) atoms. The molecule has 2 aromatic carbocycles. The van der Waals surface area contributed by atoms with Crippen LogP contribution in [0.25, 0.3) is 0 Å². The Morgan fingerprint density at radius 3 is 2.21 bits per heavy atom. The molecule has 0 aliphatic carbocycles. The third-order valence-electron chi connectivity index (χ3n) is 6.14. The number of benzene rings is 2. The van der Waals surface area contributed by atoms with Crippen LogP contribution >= 0.6 is 0 Å². The van der Waals surface area contributed by atoms with E-state index in [4.69, 9.17) is 14.3 Å². The first-order valence-electron chi connectivity index (χ1n) is 12.3. The molecule has 1 aliphatic heterocycles. The SMILES string of the molecule is Cc1cc(Nc2cc[n+](OC3OC(C)(C)Oc4cc(Nc5ccncc5)cc(C)c43)cc2)cc(O)c1C(=O)O. The van der Waals surface area contributed by atoms with Crippen molar-refractivity contribution in [3.05, 3.63) is 95.6 Å². The van der Waals surface area contributed by atoms with Crippen LogP contribution in [0.1, 0.15) is 47.2 Å². The number of aromatic carboxylic acids is 1. The average Bonchev–Trinajstić information content (AvgIpc) is 2.84. The maximum Gasteiger partial charge on any atom is 0.339 e. The Kier molecular flexibility index (Phi) is 6.71. The Morgan fingerprint density at radius 2 is 1.56 bits per heavy atom. The fourth-order valence-electron chi connectivity index (χ4n) is 4.47. The molecule has 0 bridgehead atoms. The number of pyridine rings is 2. The van der Waals surface area contributed by atoms with Crippen LogP contribution in [0.4, 0.5) is 22.7 Å². The van der Waals surface area contributed by atoms with Crippen molar-refractivity contribution < 1.29 is 34.0 Å². The lowest BCUT2D eigenvalue weighted by molar-refractivity contribution is -0.910. The number of nitrogens with one attached hydrogen (secondary N) is 2. The van der Waals surface area contributed by atoms with E-state index in [2.05, 4.69) is 15.6 Å². The van der Waals surface area contributed by atoms with E-state index in [9.17, 15) is 15.0 Å². The number of phenols is 1. The Labute approximate surface area is 225 Å². The first-order chi connectivity index (χ1) is 18.6. The number of ether oxygens (including phenoxy) is 2. The summed E-state index contributed by atoms with van der Waals surface area (Å²) in [5.41, 5.74) is 5.11. The second kappa shape index (κ2) is 10.1. The third-order valence-corrected chi connectivity index (χ3v) is 6.14. The predicted octanol–water partition coefficient (Wildman–Crippen LogP) is 5.15. The summed E-state index contributed by atoms with van der Waals surface area (Å²) in [7, 11) is 0. The van der Waals surface area contributed by atoms with Crippen LogP contribution in [-0.2, 0) is 4.74 Å². The zero-order chi connectivity index (χ0) is 27.7. The van der Waals surface area contributed by atoms with Crippen LogP contribution in [0.2, 0.25) is 0 Å². The Balaban J connectivity index is 1.35. The summed E-state index contributed by atoms with van der Waals surface area (Å²) in [6.07, 6.45) is 6.17. The largest absolute Gasteiger partial charge is 0.507 e. The second-order valence-corrected chi connectivity index (χ2v) is 9.69. The molecule has 3 heterocycles. The van der Waals surface area contributed by atoms with Gasteiger partial charge < -0.3 is 25.6 Å². The van der Waals surface area contributed by atoms with Crippen LogP contribution in [0, 0.1) is 13.8 Å². The quantitative estimate of drug-likeness (QED) is 0.241. The van der Waals surface area contributed by atoms with Gasteiger partial charge in [0.2, 0.25) is 18.2 Å². The number of fused-ring (bicyclic) bond motifs is 1. The zero-order valence-electron chi connectivity index (χ0n) is 21.9. The predicted molar refractivity (Wildman–Crippen MR) is 144 cm³/mol. The molecule has 4 aromatic rings. The monoisotopic (exact) mass is 529 g/mol. The Hall–Kier alpha value is -4.83. The van der Waals surface area contributed by atoms with Crippen molar-refractivity contribution in [2.24, 2.45) is 0 Å². The van der Waals surface area contributed by atoms with E-state index in [1.54, 1.807) is 54.6 Å². The van der Waals surface area contributed by atoms with Gasteiger partial charge in [0, 0.05) is 72.3 Å². The lowest BCUT2D eigenvalue weighted by Crippen LogP contribution is -2.49. The van der Waals surface area contributed by atoms with Gasteiger partial charge in [-0.15, -0.1) is 0 Å². The summed E-state index contributed by atoms with van der Waals surface area (Å²) in [5.74, 6) is -1.74. The molecule has 10 nitrogen and oxygen atoms in total. The molecule has 5 rings (SSSR count). The highest BCUT2D eigenvalue weighted by atomic mass is 16.8. The van der Waals surface area contributed by atoms with Gasteiger partial charge in [-0.1, -0.05) is 0 Å². The first-order valence-corrected chi connectivity index (χ1v) is 12.3. The van der Waals surface area contributed by atoms with Crippen molar-refractivity contribution in [3.63, 3.8) is 0 Å². The van der Waals surface area contributed by atoms with Crippen LogP contribution < -0.4 is 24.9 Å². The van der Waals surface area contributed by atoms with E-state index < -0.39 is 18.0 Å². The normalized spacial score (nSPS) is 15.5. The molecule has 0 fully saturated rings. The molecular formula is C29H29N4O6+. The summed E-state index contributed by atoms with van der Waals surface area (Å²) < 4.78 is 13.8. The lowest BCUT2D eigenvalue weighted by Gasteiger charge is -2.36. The standard InChI is InChI=1S/C29H28N4O6/c1-17-13-21(15-23(34)25(17)27(35)36)32-20-7-11-33(12-8-20)39-28-26-18(2)14-22(31-19-5-9-30-10-6-19)16-24(26)37-29(3,4)38-28/h5-16,28H,1-4H3,(H3,30,31,34,35,36)/p+1. The van der Waals surface area contributed by atoms with Gasteiger partial charge in [-0.2, -0.15) is 0 Å². The summed E-state index contributed by atoms with van der Waals surface area (Å²) in [5, 5.41) is 25.9. The molecule has 2 aromatic heterocycles. The lowest BCUT2D eigenvalue weighted by atomic mass is 10.0. The molecule has 0 saturated heterocycles. The van der Waals surface area contributed by atoms with E-state index >= 15 is 0 Å². The van der Waals surface area contributed by atoms with Gasteiger partial charge in [0.1, 0.15) is 17.1 Å². The van der Waals surface area contributed by atoms with E-state index in [0.717, 1.165) is 22.5 Å². The highest BCUT2D eigenvalue weighted by Crippen LogP contribution is 2.42. The molecule has 200 valence electrons. The van der Waals surface area contributed by atoms with Crippen molar-refractivity contribution >= 4 is 28.7 Å². The van der Waals surface area contributed by atoms with Gasteiger partial charge >= 0.3 is 12.3 Å². The minimum absolute atomic E-state index is 0.116. The molecule has 1 aliphatic rings. The molecule has 0 amide bonds. The molecular weight excluding hydrogens is 500 g/mol. The van der Waals surface area contributed by atoms with Gasteiger partial charge in [0.05, 0.1) is 11.3 Å². The molecule has 4 N–H and O–H groups in total. The fraction of sp³-hybridized carbons (Fsp3) is 0.207. The molecule has 0 radical (unpaired) electrons. The van der Waals surface area contributed by atoms with E-state index in [1.165, 1.54) is 6.07 Å². The Morgan fingerprint density at radius 1 is 0.949 bits per heavy atom. The van der Waals surface area contributed by atoms with Gasteiger partial charge in [0.15, 0.2) is 0 Å². The molecule has 1 atom stereocenters. The smallest absolute Gasteiger partial charge is 0.339 e. The number of carbonyl (C=O) groups is 1. The summed E-state index contributed by atoms with van der Waals surface area (Å²) in [6, 6.07) is 14.3. The summed E-state index contributed by atoms with van der Waals surface area (Å²) in [4.78, 5) is 21.6. The topological polar surface area (TPSA) is 126 Å². The van der Waals surface area contributed by atoms with Crippen molar-refractivity contribution in [2.75, 3.05) is 10.6 Å². The average molecular weight is 530 g/mol. The maximum atomic E-state index is 11.3. The van der Waals surface area contributed by atoms with Crippen molar-refractivity contribution in [2.45, 2.75) is 39.8 Å². The number of rotatable bonds is 7. The highest BCUT2D eigenvalue weighted by molar-refractivity contribution is 5.93. The van der Waals surface area contributed by atoms with Crippen LogP contribution in [0.3, 0.4) is 0 Å².